The first-order valence-electron chi connectivity index (χ1n) is 13.4. The molecule has 0 atom stereocenters. The molecule has 3 aromatic rings. The monoisotopic (exact) mass is 587 g/mol. The van der Waals surface area contributed by atoms with E-state index in [9.17, 15) is 9.59 Å². The Morgan fingerprint density at radius 2 is 1.69 bits per heavy atom. The number of ether oxygens (including phenoxy) is 4. The van der Waals surface area contributed by atoms with Crippen LogP contribution in [0.2, 0.25) is 0 Å². The predicted molar refractivity (Wildman–Crippen MR) is 162 cm³/mol. The molecular formula is C32H33N3O6S. The maximum Gasteiger partial charge on any atom is 0.411 e. The van der Waals surface area contributed by atoms with Crippen LogP contribution in [-0.2, 0) is 25.5 Å². The fourth-order valence-electron chi connectivity index (χ4n) is 3.97. The molecule has 0 saturated heterocycles. The molecule has 1 aliphatic rings. The normalized spacial score (nSPS) is 11.6. The highest BCUT2D eigenvalue weighted by molar-refractivity contribution is 7.99. The highest BCUT2D eigenvalue weighted by Gasteiger charge is 2.16. The maximum absolute atomic E-state index is 12.2. The zero-order valence-electron chi connectivity index (χ0n) is 23.6. The Morgan fingerprint density at radius 3 is 2.50 bits per heavy atom. The van der Waals surface area contributed by atoms with Crippen LogP contribution in [0.15, 0.2) is 81.5 Å². The molecule has 9 nitrogen and oxygen atoms in total. The van der Waals surface area contributed by atoms with Crippen molar-refractivity contribution in [3.05, 3.63) is 89.0 Å². The Hall–Kier alpha value is -4.14. The molecule has 0 spiro atoms. The summed E-state index contributed by atoms with van der Waals surface area (Å²) in [6.07, 6.45) is -0.569. The van der Waals surface area contributed by atoms with Crippen molar-refractivity contribution in [3.8, 4) is 11.8 Å². The number of nitrogens with one attached hydrogen (secondary N) is 2. The second kappa shape index (κ2) is 16.3. The molecule has 3 aromatic carbocycles. The van der Waals surface area contributed by atoms with Gasteiger partial charge in [0.05, 0.1) is 45.1 Å². The Kier molecular flexibility index (Phi) is 12.0. The molecule has 1 aliphatic heterocycles. The van der Waals surface area contributed by atoms with Gasteiger partial charge in [0.2, 0.25) is 0 Å². The first-order valence-corrected chi connectivity index (χ1v) is 14.3. The van der Waals surface area contributed by atoms with E-state index in [0.29, 0.717) is 49.9 Å². The number of rotatable bonds is 13. The summed E-state index contributed by atoms with van der Waals surface area (Å²) < 4.78 is 20.7. The number of benzene rings is 3. The first-order chi connectivity index (χ1) is 20.6. The summed E-state index contributed by atoms with van der Waals surface area (Å²) in [5.74, 6) is 6.20. The van der Waals surface area contributed by atoms with E-state index in [2.05, 4.69) is 33.5 Å². The minimum atomic E-state index is -0.569. The van der Waals surface area contributed by atoms with E-state index in [-0.39, 0.29) is 19.1 Å². The summed E-state index contributed by atoms with van der Waals surface area (Å²) in [4.78, 5) is 30.9. The summed E-state index contributed by atoms with van der Waals surface area (Å²) in [7, 11) is 3.25. The van der Waals surface area contributed by atoms with Crippen molar-refractivity contribution in [2.24, 2.45) is 4.99 Å². The van der Waals surface area contributed by atoms with Gasteiger partial charge in [0, 0.05) is 40.8 Å². The number of carbonyl (C=O) groups excluding carboxylic acids is 2. The number of hydrogen-bond acceptors (Lipinski definition) is 8. The molecule has 4 rings (SSSR count). The van der Waals surface area contributed by atoms with Gasteiger partial charge >= 0.3 is 6.09 Å². The Balaban J connectivity index is 1.28. The van der Waals surface area contributed by atoms with Gasteiger partial charge in [0.25, 0.3) is 5.91 Å². The van der Waals surface area contributed by atoms with Crippen LogP contribution in [0.5, 0.6) is 0 Å². The fraction of sp³-hybridized carbons (Fsp3) is 0.281. The van der Waals surface area contributed by atoms with Crippen LogP contribution in [0, 0.1) is 11.8 Å². The highest BCUT2D eigenvalue weighted by Crippen LogP contribution is 2.33. The van der Waals surface area contributed by atoms with Crippen molar-refractivity contribution < 1.29 is 28.5 Å². The number of fused-ring (bicyclic) bond motifs is 1. The lowest BCUT2D eigenvalue weighted by Crippen LogP contribution is -2.18. The molecular weight excluding hydrogens is 554 g/mol. The van der Waals surface area contributed by atoms with Gasteiger partial charge in [-0.25, -0.2) is 4.79 Å². The van der Waals surface area contributed by atoms with Gasteiger partial charge in [-0.3, -0.25) is 15.1 Å². The third-order valence-electron chi connectivity index (χ3n) is 6.02. The van der Waals surface area contributed by atoms with E-state index in [1.807, 2.05) is 48.5 Å². The molecule has 2 N–H and O–H groups in total. The summed E-state index contributed by atoms with van der Waals surface area (Å²) in [6, 6.07) is 20.9. The lowest BCUT2D eigenvalue weighted by Gasteiger charge is -2.09. The smallest absolute Gasteiger partial charge is 0.411 e. The average molecular weight is 588 g/mol. The zero-order chi connectivity index (χ0) is 29.6. The zero-order valence-corrected chi connectivity index (χ0v) is 24.4. The Bertz CT molecular complexity index is 1480. The van der Waals surface area contributed by atoms with E-state index in [1.54, 1.807) is 38.1 Å². The van der Waals surface area contributed by atoms with Crippen LogP contribution in [0.25, 0.3) is 0 Å². The first kappa shape index (κ1) is 30.8. The van der Waals surface area contributed by atoms with E-state index in [1.165, 1.54) is 0 Å². The van der Waals surface area contributed by atoms with Crippen molar-refractivity contribution in [2.45, 2.75) is 16.3 Å². The standard InChI is InChI=1S/C32H33N3O6S/c1-33-31(36)28-8-3-4-9-30(28)42-26-11-12-27-24(21-26)22-34-29(27)13-10-23-6-5-7-25(20-23)35-32(37)41-19-18-40-17-16-39-15-14-38-2/h3-9,11-12,20-21H,14-19,22H2,1-2H3,(H,33,36)(H,35,37). The second-order valence-electron chi connectivity index (χ2n) is 8.97. The maximum atomic E-state index is 12.2. The molecule has 2 amide bonds. The van der Waals surface area contributed by atoms with Crippen LogP contribution < -0.4 is 10.6 Å². The summed E-state index contributed by atoms with van der Waals surface area (Å²) in [6.45, 7) is 2.88. The van der Waals surface area contributed by atoms with Crippen LogP contribution in [0.4, 0.5) is 10.5 Å². The molecule has 0 aliphatic carbocycles. The van der Waals surface area contributed by atoms with Gasteiger partial charge in [-0.05, 0) is 53.9 Å². The average Bonchev–Trinajstić information content (AvgIpc) is 3.41. The molecule has 0 radical (unpaired) electrons. The molecule has 0 saturated carbocycles. The van der Waals surface area contributed by atoms with Gasteiger partial charge in [-0.2, -0.15) is 0 Å². The summed E-state index contributed by atoms with van der Waals surface area (Å²) in [5, 5.41) is 5.40. The minimum absolute atomic E-state index is 0.113. The summed E-state index contributed by atoms with van der Waals surface area (Å²) >= 11 is 1.54. The fourth-order valence-corrected chi connectivity index (χ4v) is 4.98. The van der Waals surface area contributed by atoms with E-state index in [0.717, 1.165) is 26.5 Å². The van der Waals surface area contributed by atoms with Gasteiger partial charge in [0.15, 0.2) is 0 Å². The number of hydrogen-bond donors (Lipinski definition) is 2. The van der Waals surface area contributed by atoms with Gasteiger partial charge in [-0.1, -0.05) is 41.9 Å². The number of nitrogens with zero attached hydrogens (tertiary/aromatic N) is 1. The number of anilines is 1. The van der Waals surface area contributed by atoms with Gasteiger partial charge < -0.3 is 24.3 Å². The lowest BCUT2D eigenvalue weighted by atomic mass is 10.1. The minimum Gasteiger partial charge on any atom is -0.447 e. The quantitative estimate of drug-likeness (QED) is 0.219. The molecule has 10 heteroatoms. The van der Waals surface area contributed by atoms with Crippen molar-refractivity contribution in [3.63, 3.8) is 0 Å². The molecule has 42 heavy (non-hydrogen) atoms. The number of aliphatic imine (C=N–C) groups is 1. The largest absolute Gasteiger partial charge is 0.447 e. The third kappa shape index (κ3) is 9.19. The van der Waals surface area contributed by atoms with Crippen LogP contribution >= 0.6 is 11.8 Å². The molecule has 0 aromatic heterocycles. The van der Waals surface area contributed by atoms with E-state index >= 15 is 0 Å². The molecule has 1 heterocycles. The van der Waals surface area contributed by atoms with Gasteiger partial charge in [0.1, 0.15) is 12.3 Å². The second-order valence-corrected chi connectivity index (χ2v) is 10.1. The molecule has 218 valence electrons. The van der Waals surface area contributed by atoms with Crippen LogP contribution in [-0.4, -0.2) is 71.5 Å². The van der Waals surface area contributed by atoms with Crippen molar-refractivity contribution in [2.75, 3.05) is 59.1 Å². The number of carbonyl (C=O) groups is 2. The molecule has 0 bridgehead atoms. The lowest BCUT2D eigenvalue weighted by molar-refractivity contribution is 0.0141. The van der Waals surface area contributed by atoms with Crippen molar-refractivity contribution in [1.29, 1.82) is 0 Å². The van der Waals surface area contributed by atoms with Crippen LogP contribution in [0.1, 0.15) is 27.0 Å². The topological polar surface area (TPSA) is 107 Å². The van der Waals surface area contributed by atoms with E-state index < -0.39 is 6.09 Å². The highest BCUT2D eigenvalue weighted by atomic mass is 32.2. The van der Waals surface area contributed by atoms with Gasteiger partial charge in [-0.15, -0.1) is 0 Å². The number of methoxy groups -OCH3 is 1. The number of amides is 2. The summed E-state index contributed by atoms with van der Waals surface area (Å²) in [5.41, 5.74) is 4.75. The Morgan fingerprint density at radius 1 is 0.905 bits per heavy atom. The van der Waals surface area contributed by atoms with E-state index in [4.69, 9.17) is 18.9 Å². The molecule has 0 fully saturated rings. The SMILES string of the molecule is CNC(=O)c1ccccc1Sc1ccc2c(c1)CN=C2C#Cc1cccc(NC(=O)OCCOCCOCCOC)c1. The van der Waals surface area contributed by atoms with Crippen molar-refractivity contribution >= 4 is 35.2 Å². The van der Waals surface area contributed by atoms with Crippen LogP contribution in [0.3, 0.4) is 0 Å². The Labute approximate surface area is 250 Å². The predicted octanol–water partition coefficient (Wildman–Crippen LogP) is 4.78. The third-order valence-corrected chi connectivity index (χ3v) is 7.09. The molecule has 0 unspecified atom stereocenters. The van der Waals surface area contributed by atoms with Crippen molar-refractivity contribution in [1.82, 2.24) is 5.32 Å².